The fourth-order valence-corrected chi connectivity index (χ4v) is 2.97. The van der Waals surface area contributed by atoms with E-state index < -0.39 is 0 Å². The largest absolute Gasteiger partial charge is 0.349 e. The molecular weight excluding hydrogens is 298 g/mol. The molecule has 1 aromatic carbocycles. The highest BCUT2D eigenvalue weighted by Gasteiger charge is 2.23. The molecule has 1 amide bonds. The van der Waals surface area contributed by atoms with Gasteiger partial charge < -0.3 is 10.6 Å². The summed E-state index contributed by atoms with van der Waals surface area (Å²) >= 11 is 1.48. The molecule has 110 valence electrons. The van der Waals surface area contributed by atoms with Gasteiger partial charge in [0.2, 0.25) is 5.95 Å². The normalized spacial score (nSPS) is 14.0. The molecule has 1 aliphatic rings. The molecule has 1 fully saturated rings. The highest BCUT2D eigenvalue weighted by Crippen LogP contribution is 2.28. The van der Waals surface area contributed by atoms with Crippen molar-refractivity contribution in [3.63, 3.8) is 0 Å². The zero-order valence-electron chi connectivity index (χ0n) is 11.6. The van der Waals surface area contributed by atoms with Crippen LogP contribution in [0.2, 0.25) is 0 Å². The van der Waals surface area contributed by atoms with E-state index in [1.165, 1.54) is 11.3 Å². The molecule has 0 aliphatic heterocycles. The topological polar surface area (TPSA) is 79.8 Å². The lowest BCUT2D eigenvalue weighted by Gasteiger charge is -2.02. The number of thiazole rings is 1. The third-order valence-corrected chi connectivity index (χ3v) is 4.28. The van der Waals surface area contributed by atoms with E-state index in [4.69, 9.17) is 0 Å². The minimum atomic E-state index is -0.0151. The highest BCUT2D eigenvalue weighted by atomic mass is 32.1. The summed E-state index contributed by atoms with van der Waals surface area (Å²) in [6.07, 6.45) is 5.51. The molecule has 2 N–H and O–H groups in total. The zero-order valence-corrected chi connectivity index (χ0v) is 12.4. The van der Waals surface area contributed by atoms with Crippen LogP contribution in [0.25, 0.3) is 10.2 Å². The van der Waals surface area contributed by atoms with Gasteiger partial charge in [-0.25, -0.2) is 15.0 Å². The van der Waals surface area contributed by atoms with E-state index in [0.717, 1.165) is 23.1 Å². The molecule has 2 heterocycles. The van der Waals surface area contributed by atoms with Crippen LogP contribution in [0.3, 0.4) is 0 Å². The number of carbonyl (C=O) groups excluding carboxylic acids is 1. The first kappa shape index (κ1) is 13.1. The quantitative estimate of drug-likeness (QED) is 0.774. The Morgan fingerprint density at radius 1 is 1.23 bits per heavy atom. The summed E-state index contributed by atoms with van der Waals surface area (Å²) in [6.45, 7) is 0. The van der Waals surface area contributed by atoms with Gasteiger partial charge in [-0.1, -0.05) is 11.3 Å². The Morgan fingerprint density at radius 3 is 2.82 bits per heavy atom. The second kappa shape index (κ2) is 5.34. The number of fused-ring (bicyclic) bond motifs is 1. The summed E-state index contributed by atoms with van der Waals surface area (Å²) in [5.74, 6) is 0.493. The number of anilines is 2. The van der Waals surface area contributed by atoms with Crippen LogP contribution in [0, 0.1) is 0 Å². The number of nitrogens with one attached hydrogen (secondary N) is 2. The summed E-state index contributed by atoms with van der Waals surface area (Å²) in [7, 11) is 0. The minimum Gasteiger partial charge on any atom is -0.349 e. The van der Waals surface area contributed by atoms with E-state index in [1.54, 1.807) is 18.5 Å². The molecule has 0 bridgehead atoms. The Bertz CT molecular complexity index is 828. The second-order valence-electron chi connectivity index (χ2n) is 5.15. The molecule has 0 unspecified atom stereocenters. The van der Waals surface area contributed by atoms with Crippen molar-refractivity contribution in [3.8, 4) is 0 Å². The summed E-state index contributed by atoms with van der Waals surface area (Å²) in [5.41, 5.74) is 1.52. The maximum absolute atomic E-state index is 12.1. The van der Waals surface area contributed by atoms with E-state index in [0.29, 0.717) is 22.7 Å². The molecule has 0 radical (unpaired) electrons. The first-order chi connectivity index (χ1) is 10.8. The average Bonchev–Trinajstić information content (AvgIpc) is 3.25. The first-order valence-electron chi connectivity index (χ1n) is 7.03. The maximum Gasteiger partial charge on any atom is 0.251 e. The third kappa shape index (κ3) is 2.75. The Labute approximate surface area is 130 Å². The monoisotopic (exact) mass is 311 g/mol. The third-order valence-electron chi connectivity index (χ3n) is 3.35. The Balaban J connectivity index is 1.59. The number of benzene rings is 1. The number of hydrogen-bond acceptors (Lipinski definition) is 6. The SMILES string of the molecule is O=C(NC1CC1)c1ccc2nc(Nc3ncccn3)sc2c1. The molecule has 4 rings (SSSR count). The van der Waals surface area contributed by atoms with E-state index in [1.807, 2.05) is 18.2 Å². The Hall–Kier alpha value is -2.54. The number of nitrogens with zero attached hydrogens (tertiary/aromatic N) is 3. The summed E-state index contributed by atoms with van der Waals surface area (Å²) in [6, 6.07) is 7.67. The van der Waals surface area contributed by atoms with Crippen molar-refractivity contribution in [3.05, 3.63) is 42.2 Å². The van der Waals surface area contributed by atoms with Crippen molar-refractivity contribution in [1.29, 1.82) is 0 Å². The van der Waals surface area contributed by atoms with Crippen molar-refractivity contribution in [1.82, 2.24) is 20.3 Å². The van der Waals surface area contributed by atoms with Crippen LogP contribution in [0.1, 0.15) is 23.2 Å². The summed E-state index contributed by atoms with van der Waals surface area (Å²) in [5, 5.41) is 6.77. The van der Waals surface area contributed by atoms with E-state index in [2.05, 4.69) is 25.6 Å². The molecule has 3 aromatic rings. The maximum atomic E-state index is 12.1. The summed E-state index contributed by atoms with van der Waals surface area (Å²) in [4.78, 5) is 24.8. The van der Waals surface area contributed by atoms with Crippen molar-refractivity contribution in [2.75, 3.05) is 5.32 Å². The number of amides is 1. The molecule has 1 aliphatic carbocycles. The molecule has 0 saturated heterocycles. The Kier molecular flexibility index (Phi) is 3.19. The molecule has 0 spiro atoms. The number of aromatic nitrogens is 3. The van der Waals surface area contributed by atoms with Crippen molar-refractivity contribution >= 4 is 38.5 Å². The predicted octanol–water partition coefficient (Wildman–Crippen LogP) is 2.72. The number of hydrogen-bond donors (Lipinski definition) is 2. The van der Waals surface area contributed by atoms with Gasteiger partial charge in [0, 0.05) is 24.0 Å². The lowest BCUT2D eigenvalue weighted by Crippen LogP contribution is -2.25. The molecule has 22 heavy (non-hydrogen) atoms. The van der Waals surface area contributed by atoms with Gasteiger partial charge in [0.05, 0.1) is 10.2 Å². The molecule has 6 nitrogen and oxygen atoms in total. The van der Waals surface area contributed by atoms with Crippen LogP contribution in [-0.4, -0.2) is 26.9 Å². The van der Waals surface area contributed by atoms with Gasteiger partial charge in [-0.3, -0.25) is 4.79 Å². The average molecular weight is 311 g/mol. The molecule has 0 atom stereocenters. The Morgan fingerprint density at radius 2 is 2.05 bits per heavy atom. The van der Waals surface area contributed by atoms with E-state index >= 15 is 0 Å². The highest BCUT2D eigenvalue weighted by molar-refractivity contribution is 7.22. The van der Waals surface area contributed by atoms with Gasteiger partial charge >= 0.3 is 0 Å². The smallest absolute Gasteiger partial charge is 0.251 e. The van der Waals surface area contributed by atoms with Crippen LogP contribution >= 0.6 is 11.3 Å². The van der Waals surface area contributed by atoms with Crippen LogP contribution in [0.4, 0.5) is 11.1 Å². The number of rotatable bonds is 4. The van der Waals surface area contributed by atoms with Gasteiger partial charge in [-0.15, -0.1) is 0 Å². The van der Waals surface area contributed by atoms with Gasteiger partial charge in [-0.05, 0) is 37.1 Å². The lowest BCUT2D eigenvalue weighted by atomic mass is 10.2. The number of carbonyl (C=O) groups is 1. The standard InChI is InChI=1S/C15H13N5OS/c21-13(18-10-3-4-10)9-2-5-11-12(8-9)22-15(19-11)20-14-16-6-1-7-17-14/h1-2,5-8,10H,3-4H2,(H,18,21)(H,16,17,19,20). The van der Waals surface area contributed by atoms with Crippen LogP contribution in [0.5, 0.6) is 0 Å². The first-order valence-corrected chi connectivity index (χ1v) is 7.85. The van der Waals surface area contributed by atoms with Crippen LogP contribution in [-0.2, 0) is 0 Å². The minimum absolute atomic E-state index is 0.0151. The van der Waals surface area contributed by atoms with Crippen molar-refractivity contribution in [2.45, 2.75) is 18.9 Å². The fraction of sp³-hybridized carbons (Fsp3) is 0.200. The van der Waals surface area contributed by atoms with Gasteiger partial charge in [-0.2, -0.15) is 0 Å². The van der Waals surface area contributed by atoms with Gasteiger partial charge in [0.15, 0.2) is 5.13 Å². The molecule has 7 heteroatoms. The fourth-order valence-electron chi connectivity index (χ4n) is 2.08. The predicted molar refractivity (Wildman–Crippen MR) is 85.4 cm³/mol. The second-order valence-corrected chi connectivity index (χ2v) is 6.18. The van der Waals surface area contributed by atoms with Gasteiger partial charge in [0.25, 0.3) is 5.91 Å². The van der Waals surface area contributed by atoms with E-state index in [-0.39, 0.29) is 5.91 Å². The van der Waals surface area contributed by atoms with E-state index in [9.17, 15) is 4.79 Å². The summed E-state index contributed by atoms with van der Waals surface area (Å²) < 4.78 is 0.960. The van der Waals surface area contributed by atoms with Crippen LogP contribution in [0.15, 0.2) is 36.7 Å². The van der Waals surface area contributed by atoms with Crippen molar-refractivity contribution < 1.29 is 4.79 Å². The van der Waals surface area contributed by atoms with Gasteiger partial charge in [0.1, 0.15) is 0 Å². The lowest BCUT2D eigenvalue weighted by molar-refractivity contribution is 0.0951. The molecular formula is C15H13N5OS. The molecule has 2 aromatic heterocycles. The molecule has 1 saturated carbocycles. The van der Waals surface area contributed by atoms with Crippen molar-refractivity contribution in [2.24, 2.45) is 0 Å². The van der Waals surface area contributed by atoms with Crippen LogP contribution < -0.4 is 10.6 Å². The zero-order chi connectivity index (χ0) is 14.9.